The van der Waals surface area contributed by atoms with Crippen LogP contribution < -0.4 is 11.1 Å². The molecule has 1 amide bonds. The molecule has 0 bridgehead atoms. The van der Waals surface area contributed by atoms with Crippen LogP contribution in [0.3, 0.4) is 0 Å². The van der Waals surface area contributed by atoms with Gasteiger partial charge in [-0.1, -0.05) is 6.08 Å². The Kier molecular flexibility index (Phi) is 5.30. The van der Waals surface area contributed by atoms with E-state index in [1.54, 1.807) is 6.08 Å². The van der Waals surface area contributed by atoms with Gasteiger partial charge < -0.3 is 20.9 Å². The molecular formula is C12H20N2O4. The van der Waals surface area contributed by atoms with E-state index >= 15 is 0 Å². The van der Waals surface area contributed by atoms with Gasteiger partial charge in [0.05, 0.1) is 11.5 Å². The minimum atomic E-state index is -0.929. The van der Waals surface area contributed by atoms with Crippen molar-refractivity contribution in [3.8, 4) is 0 Å². The van der Waals surface area contributed by atoms with Crippen LogP contribution >= 0.6 is 0 Å². The number of nitrogens with one attached hydrogen (secondary N) is 1. The number of carbonyl (C=O) groups excluding carboxylic acids is 1. The largest absolute Gasteiger partial charge is 0.481 e. The van der Waals surface area contributed by atoms with Gasteiger partial charge in [0.15, 0.2) is 0 Å². The van der Waals surface area contributed by atoms with Crippen molar-refractivity contribution in [1.29, 1.82) is 0 Å². The molecule has 1 atom stereocenters. The molecule has 0 aromatic rings. The van der Waals surface area contributed by atoms with Gasteiger partial charge in [0, 0.05) is 19.8 Å². The molecule has 6 nitrogen and oxygen atoms in total. The van der Waals surface area contributed by atoms with Crippen molar-refractivity contribution < 1.29 is 19.4 Å². The van der Waals surface area contributed by atoms with E-state index in [0.29, 0.717) is 32.5 Å². The van der Waals surface area contributed by atoms with E-state index in [1.807, 2.05) is 0 Å². The van der Waals surface area contributed by atoms with Gasteiger partial charge in [-0.25, -0.2) is 0 Å². The molecule has 1 fully saturated rings. The second kappa shape index (κ2) is 6.51. The van der Waals surface area contributed by atoms with Crippen molar-refractivity contribution in [2.24, 2.45) is 11.1 Å². The Balaban J connectivity index is 2.55. The van der Waals surface area contributed by atoms with E-state index < -0.39 is 17.4 Å². The number of carbonyl (C=O) groups is 2. The number of carboxylic acids is 1. The van der Waals surface area contributed by atoms with Gasteiger partial charge in [-0.2, -0.15) is 0 Å². The minimum Gasteiger partial charge on any atom is -0.481 e. The molecule has 102 valence electrons. The average molecular weight is 256 g/mol. The predicted octanol–water partition coefficient (Wildman–Crippen LogP) is -0.113. The van der Waals surface area contributed by atoms with Crippen LogP contribution in [-0.2, 0) is 14.3 Å². The zero-order chi connectivity index (χ0) is 13.6. The van der Waals surface area contributed by atoms with Crippen molar-refractivity contribution in [2.75, 3.05) is 19.8 Å². The highest BCUT2D eigenvalue weighted by Crippen LogP contribution is 2.30. The lowest BCUT2D eigenvalue weighted by atomic mass is 9.80. The van der Waals surface area contributed by atoms with Crippen LogP contribution in [0.25, 0.3) is 0 Å². The lowest BCUT2D eigenvalue weighted by Gasteiger charge is -2.33. The smallest absolute Gasteiger partial charge is 0.311 e. The lowest BCUT2D eigenvalue weighted by Crippen LogP contribution is -2.50. The van der Waals surface area contributed by atoms with Crippen molar-refractivity contribution in [3.63, 3.8) is 0 Å². The maximum atomic E-state index is 11.6. The van der Waals surface area contributed by atoms with Crippen molar-refractivity contribution in [1.82, 2.24) is 5.32 Å². The van der Waals surface area contributed by atoms with E-state index in [4.69, 9.17) is 10.5 Å². The second-order valence-electron chi connectivity index (χ2n) is 4.55. The van der Waals surface area contributed by atoms with Crippen LogP contribution in [0, 0.1) is 5.41 Å². The normalized spacial score (nSPS) is 19.8. The number of aliphatic carboxylic acids is 1. The summed E-state index contributed by atoms with van der Waals surface area (Å²) in [6.45, 7) is 4.40. The zero-order valence-electron chi connectivity index (χ0n) is 10.4. The molecule has 1 rings (SSSR count). The summed E-state index contributed by atoms with van der Waals surface area (Å²) >= 11 is 0. The molecule has 1 heterocycles. The highest BCUT2D eigenvalue weighted by Gasteiger charge is 2.40. The first-order valence-corrected chi connectivity index (χ1v) is 5.97. The third-order valence-electron chi connectivity index (χ3n) is 3.26. The molecule has 0 spiro atoms. The second-order valence-corrected chi connectivity index (χ2v) is 4.55. The summed E-state index contributed by atoms with van der Waals surface area (Å²) in [6.07, 6.45) is 2.74. The third-order valence-corrected chi connectivity index (χ3v) is 3.26. The number of amides is 1. The summed E-state index contributed by atoms with van der Waals surface area (Å²) < 4.78 is 5.15. The van der Waals surface area contributed by atoms with Gasteiger partial charge in [0.2, 0.25) is 5.91 Å². The van der Waals surface area contributed by atoms with Crippen molar-refractivity contribution in [3.05, 3.63) is 12.7 Å². The third kappa shape index (κ3) is 3.54. The standard InChI is InChI=1S/C12H20N2O4/c1-2-3-9(13)10(15)14-8-12(11(16)17)4-6-18-7-5-12/h2,9H,1,3-8,13H2,(H,14,15)(H,16,17). The number of hydrogen-bond acceptors (Lipinski definition) is 4. The fourth-order valence-corrected chi connectivity index (χ4v) is 1.90. The molecule has 1 aliphatic rings. The first kappa shape index (κ1) is 14.7. The van der Waals surface area contributed by atoms with Crippen LogP contribution in [0.4, 0.5) is 0 Å². The Labute approximate surface area is 106 Å². The molecule has 4 N–H and O–H groups in total. The topological polar surface area (TPSA) is 102 Å². The maximum Gasteiger partial charge on any atom is 0.311 e. The Morgan fingerprint density at radius 2 is 2.11 bits per heavy atom. The quantitative estimate of drug-likeness (QED) is 0.575. The van der Waals surface area contributed by atoms with Gasteiger partial charge in [-0.15, -0.1) is 6.58 Å². The summed E-state index contributed by atoms with van der Waals surface area (Å²) in [6, 6.07) is -0.673. The summed E-state index contributed by atoms with van der Waals surface area (Å²) in [5.41, 5.74) is 4.68. The van der Waals surface area contributed by atoms with Gasteiger partial charge in [-0.05, 0) is 19.3 Å². The molecule has 0 saturated carbocycles. The van der Waals surface area contributed by atoms with E-state index in [9.17, 15) is 14.7 Å². The van der Waals surface area contributed by atoms with E-state index in [-0.39, 0.29) is 12.5 Å². The van der Waals surface area contributed by atoms with Crippen molar-refractivity contribution >= 4 is 11.9 Å². The minimum absolute atomic E-state index is 0.0926. The average Bonchev–Trinajstić information content (AvgIpc) is 2.37. The Hall–Kier alpha value is -1.40. The molecule has 0 aliphatic carbocycles. The van der Waals surface area contributed by atoms with Gasteiger partial charge in [0.1, 0.15) is 0 Å². The number of rotatable bonds is 6. The number of carboxylic acid groups (broad SMARTS) is 1. The number of hydrogen-bond donors (Lipinski definition) is 3. The Morgan fingerprint density at radius 3 is 2.61 bits per heavy atom. The predicted molar refractivity (Wildman–Crippen MR) is 65.9 cm³/mol. The highest BCUT2D eigenvalue weighted by molar-refractivity contribution is 5.83. The van der Waals surface area contributed by atoms with Crippen LogP contribution in [-0.4, -0.2) is 42.8 Å². The molecule has 1 unspecified atom stereocenters. The van der Waals surface area contributed by atoms with Crippen LogP contribution in [0.2, 0.25) is 0 Å². The molecule has 0 aromatic carbocycles. The summed E-state index contributed by atoms with van der Waals surface area (Å²) in [4.78, 5) is 23.0. The molecule has 6 heteroatoms. The summed E-state index contributed by atoms with van der Waals surface area (Å²) in [7, 11) is 0. The molecule has 1 saturated heterocycles. The number of nitrogens with two attached hydrogens (primary N) is 1. The van der Waals surface area contributed by atoms with Crippen LogP contribution in [0.5, 0.6) is 0 Å². The van der Waals surface area contributed by atoms with E-state index in [0.717, 1.165) is 0 Å². The fraction of sp³-hybridized carbons (Fsp3) is 0.667. The molecular weight excluding hydrogens is 236 g/mol. The molecule has 18 heavy (non-hydrogen) atoms. The summed E-state index contributed by atoms with van der Waals surface area (Å²) in [5, 5.41) is 11.9. The Bertz CT molecular complexity index is 324. The van der Waals surface area contributed by atoms with Gasteiger partial charge >= 0.3 is 5.97 Å². The van der Waals surface area contributed by atoms with Gasteiger partial charge in [-0.3, -0.25) is 9.59 Å². The van der Waals surface area contributed by atoms with Crippen LogP contribution in [0.15, 0.2) is 12.7 Å². The molecule has 1 aliphatic heterocycles. The highest BCUT2D eigenvalue weighted by atomic mass is 16.5. The van der Waals surface area contributed by atoms with Crippen LogP contribution in [0.1, 0.15) is 19.3 Å². The fourth-order valence-electron chi connectivity index (χ4n) is 1.90. The molecule has 0 radical (unpaired) electrons. The summed E-state index contributed by atoms with van der Waals surface area (Å²) in [5.74, 6) is -1.24. The molecule has 0 aromatic heterocycles. The zero-order valence-corrected chi connectivity index (χ0v) is 10.4. The SMILES string of the molecule is C=CCC(N)C(=O)NCC1(C(=O)O)CCOCC1. The number of ether oxygens (including phenoxy) is 1. The first-order chi connectivity index (χ1) is 8.52. The first-order valence-electron chi connectivity index (χ1n) is 5.97. The van der Waals surface area contributed by atoms with E-state index in [2.05, 4.69) is 11.9 Å². The Morgan fingerprint density at radius 1 is 1.50 bits per heavy atom. The van der Waals surface area contributed by atoms with Crippen molar-refractivity contribution in [2.45, 2.75) is 25.3 Å². The maximum absolute atomic E-state index is 11.6. The van der Waals surface area contributed by atoms with Gasteiger partial charge in [0.25, 0.3) is 0 Å². The lowest BCUT2D eigenvalue weighted by molar-refractivity contribution is -0.154. The monoisotopic (exact) mass is 256 g/mol. The van der Waals surface area contributed by atoms with E-state index in [1.165, 1.54) is 0 Å².